The summed E-state index contributed by atoms with van der Waals surface area (Å²) >= 11 is 9.28. The molecule has 8 nitrogen and oxygen atoms in total. The van der Waals surface area contributed by atoms with Gasteiger partial charge in [0.2, 0.25) is 4.08 Å². The maximum Gasteiger partial charge on any atom is 0.288 e. The molecule has 0 aromatic heterocycles. The van der Waals surface area contributed by atoms with Crippen LogP contribution in [0.2, 0.25) is 0 Å². The van der Waals surface area contributed by atoms with E-state index in [1.165, 1.54) is 12.2 Å². The van der Waals surface area contributed by atoms with Crippen molar-refractivity contribution in [3.05, 3.63) is 53.7 Å². The average molecular weight is 459 g/mol. The highest BCUT2D eigenvalue weighted by molar-refractivity contribution is 8.05. The van der Waals surface area contributed by atoms with Crippen LogP contribution in [0.5, 0.6) is 0 Å². The molecule has 1 atom stereocenters. The molecule has 0 amide bonds. The molecule has 2 rings (SSSR count). The van der Waals surface area contributed by atoms with Crippen molar-refractivity contribution in [2.24, 2.45) is 15.9 Å². The van der Waals surface area contributed by atoms with E-state index in [2.05, 4.69) is 44.7 Å². The third kappa shape index (κ3) is 4.09. The van der Waals surface area contributed by atoms with Crippen molar-refractivity contribution in [2.45, 2.75) is 16.9 Å². The lowest BCUT2D eigenvalue weighted by molar-refractivity contribution is 0.373. The van der Waals surface area contributed by atoms with Crippen LogP contribution < -0.4 is 0 Å². The van der Waals surface area contributed by atoms with E-state index in [1.54, 1.807) is 30.3 Å². The van der Waals surface area contributed by atoms with E-state index in [0.717, 1.165) is 0 Å². The Bertz CT molecular complexity index is 1090. The number of rotatable bonds is 6. The number of isothiocyanates is 2. The predicted octanol–water partition coefficient (Wildman–Crippen LogP) is 3.00. The maximum absolute atomic E-state index is 12.2. The van der Waals surface area contributed by atoms with Crippen molar-refractivity contribution >= 4 is 60.7 Å². The number of benzene rings is 1. The van der Waals surface area contributed by atoms with E-state index in [0.29, 0.717) is 5.56 Å². The summed E-state index contributed by atoms with van der Waals surface area (Å²) in [4.78, 5) is 7.75. The van der Waals surface area contributed by atoms with Crippen LogP contribution in [0.25, 0.3) is 5.70 Å². The monoisotopic (exact) mass is 458 g/mol. The number of allylic oxidation sites excluding steroid dienone is 3. The van der Waals surface area contributed by atoms with Crippen molar-refractivity contribution < 1.29 is 25.9 Å². The Morgan fingerprint density at radius 1 is 1.00 bits per heavy atom. The summed E-state index contributed by atoms with van der Waals surface area (Å²) in [5.74, 6) is -1.54. The van der Waals surface area contributed by atoms with Gasteiger partial charge in [-0.25, -0.2) is 0 Å². The minimum absolute atomic E-state index is 0.00933. The first-order chi connectivity index (χ1) is 13.1. The molecule has 0 spiro atoms. The number of nitrogens with zero attached hydrogens (tertiary/aromatic N) is 2. The molecule has 0 radical (unpaired) electrons. The van der Waals surface area contributed by atoms with Crippen molar-refractivity contribution in [3.8, 4) is 0 Å². The molecule has 0 saturated heterocycles. The number of thiocarbonyl (C=S) groups is 2. The SMILES string of the molecule is O=S(=O)(O)C1(S(=O)(=O)O)CC=CCC1C(N=C=S)=C(N=C=S)c1ccccc1. The van der Waals surface area contributed by atoms with Crippen LogP contribution >= 0.6 is 24.4 Å². The van der Waals surface area contributed by atoms with Gasteiger partial charge in [0.1, 0.15) is 5.70 Å². The Kier molecular flexibility index (Phi) is 6.92. The van der Waals surface area contributed by atoms with E-state index in [-0.39, 0.29) is 17.8 Å². The summed E-state index contributed by atoms with van der Waals surface area (Å²) < 4.78 is 65.4. The molecule has 1 aliphatic carbocycles. The molecular weight excluding hydrogens is 444 g/mol. The lowest BCUT2D eigenvalue weighted by Gasteiger charge is -2.36. The zero-order valence-corrected chi connectivity index (χ0v) is 17.4. The zero-order valence-electron chi connectivity index (χ0n) is 14.1. The van der Waals surface area contributed by atoms with E-state index in [4.69, 9.17) is 0 Å². The molecule has 12 heteroatoms. The van der Waals surface area contributed by atoms with E-state index in [1.807, 2.05) is 0 Å². The van der Waals surface area contributed by atoms with Crippen LogP contribution in [0.3, 0.4) is 0 Å². The topological polar surface area (TPSA) is 133 Å². The summed E-state index contributed by atoms with van der Waals surface area (Å²) in [6, 6.07) is 8.24. The fourth-order valence-electron chi connectivity index (χ4n) is 3.08. The molecule has 0 fully saturated rings. The van der Waals surface area contributed by atoms with Crippen molar-refractivity contribution in [2.75, 3.05) is 0 Å². The molecule has 1 aromatic carbocycles. The number of hydrogen-bond acceptors (Lipinski definition) is 8. The zero-order chi connectivity index (χ0) is 21.0. The molecule has 1 unspecified atom stereocenters. The van der Waals surface area contributed by atoms with Gasteiger partial charge in [-0.2, -0.15) is 26.8 Å². The quantitative estimate of drug-likeness (QED) is 0.288. The van der Waals surface area contributed by atoms with Crippen LogP contribution in [-0.2, 0) is 20.2 Å². The van der Waals surface area contributed by atoms with Gasteiger partial charge >= 0.3 is 0 Å². The van der Waals surface area contributed by atoms with Gasteiger partial charge in [-0.05, 0) is 30.9 Å². The molecule has 148 valence electrons. The first-order valence-electron chi connectivity index (χ1n) is 7.64. The summed E-state index contributed by atoms with van der Waals surface area (Å²) in [5, 5.41) is 4.20. The minimum Gasteiger partial charge on any atom is -0.284 e. The summed E-state index contributed by atoms with van der Waals surface area (Å²) in [7, 11) is -10.6. The second-order valence-electron chi connectivity index (χ2n) is 5.73. The molecule has 0 bridgehead atoms. The van der Waals surface area contributed by atoms with Gasteiger partial charge in [0.15, 0.2) is 0 Å². The summed E-state index contributed by atoms with van der Waals surface area (Å²) in [6.07, 6.45) is 1.84. The fraction of sp³-hybridized carbons (Fsp3) is 0.250. The van der Waals surface area contributed by atoms with Gasteiger partial charge in [-0.15, -0.1) is 0 Å². The Morgan fingerprint density at radius 3 is 2.07 bits per heavy atom. The second-order valence-corrected chi connectivity index (χ2v) is 9.71. The van der Waals surface area contributed by atoms with Crippen molar-refractivity contribution in [1.29, 1.82) is 0 Å². The van der Waals surface area contributed by atoms with E-state index < -0.39 is 36.7 Å². The van der Waals surface area contributed by atoms with Crippen molar-refractivity contribution in [1.82, 2.24) is 0 Å². The van der Waals surface area contributed by atoms with Gasteiger partial charge in [-0.3, -0.25) is 9.11 Å². The third-order valence-corrected chi connectivity index (χ3v) is 8.38. The Morgan fingerprint density at radius 2 is 1.57 bits per heavy atom. The van der Waals surface area contributed by atoms with Gasteiger partial charge < -0.3 is 0 Å². The first kappa shape index (κ1) is 22.4. The Hall–Kier alpha value is -1.88. The normalized spacial score (nSPS) is 19.7. The molecule has 0 saturated carbocycles. The smallest absolute Gasteiger partial charge is 0.284 e. The number of aliphatic imine (C=N–C) groups is 2. The van der Waals surface area contributed by atoms with Crippen LogP contribution in [0.15, 0.2) is 58.2 Å². The van der Waals surface area contributed by atoms with Gasteiger partial charge in [0, 0.05) is 17.9 Å². The van der Waals surface area contributed by atoms with E-state index >= 15 is 0 Å². The van der Waals surface area contributed by atoms with Gasteiger partial charge in [0.25, 0.3) is 20.2 Å². The highest BCUT2D eigenvalue weighted by Crippen LogP contribution is 2.46. The molecule has 28 heavy (non-hydrogen) atoms. The summed E-state index contributed by atoms with van der Waals surface area (Å²) in [5.41, 5.74) is 0.182. The molecule has 0 aliphatic heterocycles. The van der Waals surface area contributed by atoms with Crippen LogP contribution in [0.4, 0.5) is 0 Å². The maximum atomic E-state index is 12.2. The molecular formula is C16H14N2O6S4. The Labute approximate surface area is 172 Å². The standard InChI is InChI=1S/C16H14N2O6S4/c19-27(20,21)16(28(22,23)24)9-5-4-8-13(16)15(18-11-26)14(17-10-25)12-6-2-1-3-7-12/h1-7,13H,8-9H2,(H,19,20,21)(H,22,23,24). The predicted molar refractivity (Wildman–Crippen MR) is 111 cm³/mol. The largest absolute Gasteiger partial charge is 0.288 e. The highest BCUT2D eigenvalue weighted by atomic mass is 32.3. The van der Waals surface area contributed by atoms with Crippen molar-refractivity contribution in [3.63, 3.8) is 0 Å². The first-order valence-corrected chi connectivity index (χ1v) is 11.3. The second kappa shape index (κ2) is 8.64. The molecule has 1 aromatic rings. The molecule has 1 aliphatic rings. The molecule has 2 N–H and O–H groups in total. The Balaban J connectivity index is 2.99. The van der Waals surface area contributed by atoms with Gasteiger partial charge in [0.05, 0.1) is 16.0 Å². The third-order valence-electron chi connectivity index (χ3n) is 4.29. The van der Waals surface area contributed by atoms with E-state index in [9.17, 15) is 25.9 Å². The van der Waals surface area contributed by atoms with Gasteiger partial charge in [-0.1, -0.05) is 42.5 Å². The van der Waals surface area contributed by atoms with Crippen LogP contribution in [0.1, 0.15) is 18.4 Å². The lowest BCUT2D eigenvalue weighted by atomic mass is 9.88. The highest BCUT2D eigenvalue weighted by Gasteiger charge is 2.61. The number of hydrogen-bond donors (Lipinski definition) is 2. The summed E-state index contributed by atoms with van der Waals surface area (Å²) in [6.45, 7) is 0. The fourth-order valence-corrected chi connectivity index (χ4v) is 6.08. The lowest BCUT2D eigenvalue weighted by Crippen LogP contribution is -2.53. The molecule has 0 heterocycles. The van der Waals surface area contributed by atoms with Crippen LogP contribution in [0, 0.1) is 5.92 Å². The van der Waals surface area contributed by atoms with Crippen LogP contribution in [-0.4, -0.2) is 40.3 Å². The average Bonchev–Trinajstić information content (AvgIpc) is 2.63. The minimum atomic E-state index is -5.32.